The first-order valence-electron chi connectivity index (χ1n) is 11.2. The molecular formula is C26H28N2O3. The second-order valence-corrected chi connectivity index (χ2v) is 8.67. The van der Waals surface area contributed by atoms with E-state index in [0.29, 0.717) is 24.0 Å². The van der Waals surface area contributed by atoms with Crippen molar-refractivity contribution in [3.63, 3.8) is 0 Å². The van der Waals surface area contributed by atoms with Crippen molar-refractivity contribution in [3.05, 3.63) is 82.2 Å². The number of fused-ring (bicyclic) bond motifs is 1. The summed E-state index contributed by atoms with van der Waals surface area (Å²) in [5, 5.41) is 3.98. The Kier molecular flexibility index (Phi) is 5.26. The normalized spacial score (nSPS) is 17.8. The van der Waals surface area contributed by atoms with Gasteiger partial charge in [-0.25, -0.2) is 0 Å². The molecule has 3 aromatic rings. The first-order valence-corrected chi connectivity index (χ1v) is 11.2. The van der Waals surface area contributed by atoms with Crippen molar-refractivity contribution in [2.24, 2.45) is 0 Å². The van der Waals surface area contributed by atoms with Crippen molar-refractivity contribution in [1.82, 2.24) is 10.1 Å². The van der Waals surface area contributed by atoms with Crippen molar-refractivity contribution in [1.29, 1.82) is 0 Å². The SMILES string of the molecule is Cc1noc(C)c1COc1cccc(C(=O)N(C2CC2)C2CCCc3ccccc32)c1. The summed E-state index contributed by atoms with van der Waals surface area (Å²) in [6, 6.07) is 16.7. The van der Waals surface area contributed by atoms with Gasteiger partial charge < -0.3 is 14.2 Å². The third-order valence-corrected chi connectivity index (χ3v) is 6.49. The van der Waals surface area contributed by atoms with Crippen molar-refractivity contribution in [3.8, 4) is 5.75 Å². The van der Waals surface area contributed by atoms with E-state index in [0.717, 1.165) is 49.1 Å². The molecule has 5 heteroatoms. The highest BCUT2D eigenvalue weighted by atomic mass is 16.5. The quantitative estimate of drug-likeness (QED) is 0.528. The number of aryl methyl sites for hydroxylation is 3. The van der Waals surface area contributed by atoms with Gasteiger partial charge in [-0.3, -0.25) is 4.79 Å². The predicted molar refractivity (Wildman–Crippen MR) is 118 cm³/mol. The fourth-order valence-electron chi connectivity index (χ4n) is 4.66. The summed E-state index contributed by atoms with van der Waals surface area (Å²) in [7, 11) is 0. The van der Waals surface area contributed by atoms with E-state index in [2.05, 4.69) is 34.3 Å². The number of rotatable bonds is 6. The molecule has 2 aromatic carbocycles. The first kappa shape index (κ1) is 19.9. The van der Waals surface area contributed by atoms with E-state index >= 15 is 0 Å². The molecule has 1 fully saturated rings. The summed E-state index contributed by atoms with van der Waals surface area (Å²) < 4.78 is 11.2. The molecule has 1 atom stereocenters. The van der Waals surface area contributed by atoms with Gasteiger partial charge in [-0.05, 0) is 75.3 Å². The smallest absolute Gasteiger partial charge is 0.254 e. The van der Waals surface area contributed by atoms with E-state index < -0.39 is 0 Å². The highest BCUT2D eigenvalue weighted by molar-refractivity contribution is 5.95. The number of carbonyl (C=O) groups is 1. The number of amides is 1. The molecule has 1 amide bonds. The molecule has 1 unspecified atom stereocenters. The zero-order valence-electron chi connectivity index (χ0n) is 18.1. The van der Waals surface area contributed by atoms with Gasteiger partial charge in [-0.15, -0.1) is 0 Å². The minimum Gasteiger partial charge on any atom is -0.489 e. The maximum Gasteiger partial charge on any atom is 0.254 e. The van der Waals surface area contributed by atoms with E-state index in [4.69, 9.17) is 9.26 Å². The zero-order valence-corrected chi connectivity index (χ0v) is 18.1. The maximum absolute atomic E-state index is 13.7. The Morgan fingerprint density at radius 2 is 1.97 bits per heavy atom. The number of benzene rings is 2. The van der Waals surface area contributed by atoms with Gasteiger partial charge in [0, 0.05) is 11.6 Å². The van der Waals surface area contributed by atoms with Crippen LogP contribution in [0.15, 0.2) is 53.1 Å². The van der Waals surface area contributed by atoms with Crippen molar-refractivity contribution in [2.45, 2.75) is 64.6 Å². The van der Waals surface area contributed by atoms with Gasteiger partial charge in [0.05, 0.1) is 17.3 Å². The van der Waals surface area contributed by atoms with Crippen LogP contribution in [0.25, 0.3) is 0 Å². The van der Waals surface area contributed by atoms with E-state index in [-0.39, 0.29) is 11.9 Å². The van der Waals surface area contributed by atoms with Gasteiger partial charge in [-0.2, -0.15) is 0 Å². The number of aromatic nitrogens is 1. The van der Waals surface area contributed by atoms with Crippen molar-refractivity contribution in [2.75, 3.05) is 0 Å². The summed E-state index contributed by atoms with van der Waals surface area (Å²) in [5.74, 6) is 1.55. The second kappa shape index (κ2) is 8.22. The van der Waals surface area contributed by atoms with Gasteiger partial charge in [0.2, 0.25) is 0 Å². The third kappa shape index (κ3) is 3.97. The summed E-state index contributed by atoms with van der Waals surface area (Å²) >= 11 is 0. The first-order chi connectivity index (χ1) is 15.1. The molecule has 5 nitrogen and oxygen atoms in total. The molecule has 0 bridgehead atoms. The zero-order chi connectivity index (χ0) is 21.4. The molecule has 0 radical (unpaired) electrons. The lowest BCUT2D eigenvalue weighted by atomic mass is 9.86. The Morgan fingerprint density at radius 3 is 2.74 bits per heavy atom. The van der Waals surface area contributed by atoms with Crippen LogP contribution in [0.3, 0.4) is 0 Å². The van der Waals surface area contributed by atoms with Crippen LogP contribution in [0.4, 0.5) is 0 Å². The molecule has 0 aliphatic heterocycles. The van der Waals surface area contributed by atoms with E-state index in [1.54, 1.807) is 0 Å². The summed E-state index contributed by atoms with van der Waals surface area (Å²) in [6.45, 7) is 4.17. The fraction of sp³-hybridized carbons (Fsp3) is 0.385. The Bertz CT molecular complexity index is 1080. The standard InChI is InChI=1S/C26H28N2O3/c1-17-24(18(2)31-27-17)16-30-22-10-5-9-20(15-22)26(29)28(21-13-14-21)25-12-6-8-19-7-3-4-11-23(19)25/h3-5,7,9-11,15,21,25H,6,8,12-14,16H2,1-2H3. The molecule has 160 valence electrons. The molecule has 0 spiro atoms. The number of carbonyl (C=O) groups excluding carboxylic acids is 1. The Morgan fingerprint density at radius 1 is 1.13 bits per heavy atom. The molecule has 31 heavy (non-hydrogen) atoms. The van der Waals surface area contributed by atoms with Crippen molar-refractivity contribution >= 4 is 5.91 Å². The number of ether oxygens (including phenoxy) is 1. The molecule has 5 rings (SSSR count). The van der Waals surface area contributed by atoms with Crippen LogP contribution in [-0.2, 0) is 13.0 Å². The highest BCUT2D eigenvalue weighted by Gasteiger charge is 2.39. The van der Waals surface area contributed by atoms with Gasteiger partial charge in [0.25, 0.3) is 5.91 Å². The Balaban J connectivity index is 1.38. The molecule has 1 saturated carbocycles. The molecule has 0 N–H and O–H groups in total. The maximum atomic E-state index is 13.7. The average Bonchev–Trinajstić information content (AvgIpc) is 3.58. The van der Waals surface area contributed by atoms with Crippen LogP contribution >= 0.6 is 0 Å². The van der Waals surface area contributed by atoms with E-state index in [9.17, 15) is 4.79 Å². The second-order valence-electron chi connectivity index (χ2n) is 8.67. The lowest BCUT2D eigenvalue weighted by Crippen LogP contribution is -2.38. The lowest BCUT2D eigenvalue weighted by molar-refractivity contribution is 0.0637. The van der Waals surface area contributed by atoms with Crippen LogP contribution in [0.1, 0.15) is 70.2 Å². The van der Waals surface area contributed by atoms with Crippen LogP contribution in [0.2, 0.25) is 0 Å². The Labute approximate surface area is 183 Å². The topological polar surface area (TPSA) is 55.6 Å². The molecular weight excluding hydrogens is 388 g/mol. The van der Waals surface area contributed by atoms with Gasteiger partial charge in [0.1, 0.15) is 18.1 Å². The number of nitrogens with zero attached hydrogens (tertiary/aromatic N) is 2. The van der Waals surface area contributed by atoms with Gasteiger partial charge >= 0.3 is 0 Å². The molecule has 0 saturated heterocycles. The number of hydrogen-bond donors (Lipinski definition) is 0. The summed E-state index contributed by atoms with van der Waals surface area (Å²) in [6.07, 6.45) is 5.43. The minimum absolute atomic E-state index is 0.104. The molecule has 2 aliphatic rings. The van der Waals surface area contributed by atoms with Crippen LogP contribution in [-0.4, -0.2) is 22.0 Å². The summed E-state index contributed by atoms with van der Waals surface area (Å²) in [5.41, 5.74) is 5.18. The van der Waals surface area contributed by atoms with Crippen LogP contribution in [0, 0.1) is 13.8 Å². The molecule has 2 aliphatic carbocycles. The average molecular weight is 417 g/mol. The highest BCUT2D eigenvalue weighted by Crippen LogP contribution is 2.41. The minimum atomic E-state index is 0.104. The summed E-state index contributed by atoms with van der Waals surface area (Å²) in [4.78, 5) is 15.8. The third-order valence-electron chi connectivity index (χ3n) is 6.49. The predicted octanol–water partition coefficient (Wildman–Crippen LogP) is 5.55. The van der Waals surface area contributed by atoms with Gasteiger partial charge in [0.15, 0.2) is 0 Å². The van der Waals surface area contributed by atoms with Crippen LogP contribution < -0.4 is 4.74 Å². The molecule has 1 heterocycles. The molecule has 1 aromatic heterocycles. The largest absolute Gasteiger partial charge is 0.489 e. The Hall–Kier alpha value is -3.08. The monoisotopic (exact) mass is 416 g/mol. The number of hydrogen-bond acceptors (Lipinski definition) is 4. The van der Waals surface area contributed by atoms with Crippen molar-refractivity contribution < 1.29 is 14.1 Å². The van der Waals surface area contributed by atoms with Gasteiger partial charge in [-0.1, -0.05) is 35.5 Å². The lowest BCUT2D eigenvalue weighted by Gasteiger charge is -2.36. The van der Waals surface area contributed by atoms with E-state index in [1.165, 1.54) is 11.1 Å². The fourth-order valence-corrected chi connectivity index (χ4v) is 4.66. The van der Waals surface area contributed by atoms with E-state index in [1.807, 2.05) is 38.1 Å². The van der Waals surface area contributed by atoms with Crippen LogP contribution in [0.5, 0.6) is 5.75 Å².